The fraction of sp³-hybridized carbons (Fsp3) is 0. The van der Waals surface area contributed by atoms with Crippen LogP contribution in [0.15, 0.2) is 42.5 Å². The molecular formula is C15H9Cl2FO3. The SMILES string of the molecule is O=C(O)/C=C/c1ccc(Oc2ccc(Cl)c(F)c2)c(Cl)c1. The van der Waals surface area contributed by atoms with Crippen LogP contribution in [-0.4, -0.2) is 11.1 Å². The highest BCUT2D eigenvalue weighted by Crippen LogP contribution is 2.31. The van der Waals surface area contributed by atoms with E-state index in [-0.39, 0.29) is 15.8 Å². The molecule has 0 saturated carbocycles. The van der Waals surface area contributed by atoms with Crippen molar-refractivity contribution in [2.75, 3.05) is 0 Å². The Bertz CT molecular complexity index is 714. The number of halogens is 3. The lowest BCUT2D eigenvalue weighted by molar-refractivity contribution is -0.131. The van der Waals surface area contributed by atoms with Gasteiger partial charge in [-0.15, -0.1) is 0 Å². The van der Waals surface area contributed by atoms with Crippen LogP contribution in [0.4, 0.5) is 4.39 Å². The van der Waals surface area contributed by atoms with Gasteiger partial charge >= 0.3 is 5.97 Å². The Morgan fingerprint density at radius 1 is 1.14 bits per heavy atom. The van der Waals surface area contributed by atoms with E-state index in [4.69, 9.17) is 33.0 Å². The fourth-order valence-corrected chi connectivity index (χ4v) is 1.88. The van der Waals surface area contributed by atoms with Crippen molar-refractivity contribution in [1.82, 2.24) is 0 Å². The summed E-state index contributed by atoms with van der Waals surface area (Å²) >= 11 is 11.6. The normalized spacial score (nSPS) is 10.8. The van der Waals surface area contributed by atoms with Crippen molar-refractivity contribution in [2.24, 2.45) is 0 Å². The molecule has 2 aromatic rings. The number of benzene rings is 2. The molecule has 3 nitrogen and oxygen atoms in total. The summed E-state index contributed by atoms with van der Waals surface area (Å²) in [4.78, 5) is 10.4. The molecule has 0 heterocycles. The Hall–Kier alpha value is -2.04. The second-order valence-corrected chi connectivity index (χ2v) is 4.85. The minimum absolute atomic E-state index is 0.00241. The fourth-order valence-electron chi connectivity index (χ4n) is 1.54. The third kappa shape index (κ3) is 4.21. The maximum atomic E-state index is 13.3. The van der Waals surface area contributed by atoms with E-state index in [2.05, 4.69) is 0 Å². The van der Waals surface area contributed by atoms with Gasteiger partial charge in [-0.1, -0.05) is 29.3 Å². The zero-order chi connectivity index (χ0) is 15.4. The minimum Gasteiger partial charge on any atom is -0.478 e. The molecule has 0 aromatic heterocycles. The molecule has 0 amide bonds. The van der Waals surface area contributed by atoms with Crippen molar-refractivity contribution in [1.29, 1.82) is 0 Å². The summed E-state index contributed by atoms with van der Waals surface area (Å²) in [6.45, 7) is 0. The third-order valence-electron chi connectivity index (χ3n) is 2.49. The maximum absolute atomic E-state index is 13.3. The van der Waals surface area contributed by atoms with Gasteiger partial charge < -0.3 is 9.84 Å². The number of aliphatic carboxylic acids is 1. The second-order valence-electron chi connectivity index (χ2n) is 4.04. The molecule has 6 heteroatoms. The van der Waals surface area contributed by atoms with E-state index in [9.17, 15) is 9.18 Å². The first-order chi connectivity index (χ1) is 9.95. The third-order valence-corrected chi connectivity index (χ3v) is 3.10. The number of carboxylic acids is 1. The second kappa shape index (κ2) is 6.61. The highest BCUT2D eigenvalue weighted by Gasteiger charge is 2.06. The van der Waals surface area contributed by atoms with Crippen molar-refractivity contribution >= 4 is 35.2 Å². The van der Waals surface area contributed by atoms with E-state index in [0.717, 1.165) is 12.1 Å². The van der Waals surface area contributed by atoms with Crippen molar-refractivity contribution in [2.45, 2.75) is 0 Å². The van der Waals surface area contributed by atoms with Gasteiger partial charge in [-0.2, -0.15) is 0 Å². The van der Waals surface area contributed by atoms with E-state index in [0.29, 0.717) is 11.3 Å². The average molecular weight is 327 g/mol. The summed E-state index contributed by atoms with van der Waals surface area (Å²) < 4.78 is 18.8. The molecule has 108 valence electrons. The van der Waals surface area contributed by atoms with Crippen LogP contribution in [0.2, 0.25) is 10.0 Å². The lowest BCUT2D eigenvalue weighted by Crippen LogP contribution is -1.88. The van der Waals surface area contributed by atoms with Gasteiger partial charge in [0.15, 0.2) is 0 Å². The van der Waals surface area contributed by atoms with Crippen molar-refractivity contribution in [3.05, 3.63) is 63.9 Å². The molecule has 21 heavy (non-hydrogen) atoms. The lowest BCUT2D eigenvalue weighted by Gasteiger charge is -2.08. The number of carboxylic acid groups (broad SMARTS) is 1. The van der Waals surface area contributed by atoms with Crippen molar-refractivity contribution in [3.8, 4) is 11.5 Å². The molecule has 0 unspecified atom stereocenters. The number of ether oxygens (including phenoxy) is 1. The van der Waals surface area contributed by atoms with Crippen molar-refractivity contribution < 1.29 is 19.0 Å². The zero-order valence-corrected chi connectivity index (χ0v) is 12.0. The van der Waals surface area contributed by atoms with Crippen LogP contribution >= 0.6 is 23.2 Å². The Morgan fingerprint density at radius 2 is 1.90 bits per heavy atom. The summed E-state index contributed by atoms with van der Waals surface area (Å²) in [6, 6.07) is 8.78. The molecule has 2 rings (SSSR count). The molecule has 0 saturated heterocycles. The van der Waals surface area contributed by atoms with Gasteiger partial charge in [0.05, 0.1) is 10.0 Å². The monoisotopic (exact) mass is 326 g/mol. The first-order valence-electron chi connectivity index (χ1n) is 5.79. The molecule has 2 aromatic carbocycles. The van der Waals surface area contributed by atoms with Gasteiger partial charge in [-0.3, -0.25) is 0 Å². The first-order valence-corrected chi connectivity index (χ1v) is 6.55. The van der Waals surface area contributed by atoms with E-state index in [1.54, 1.807) is 18.2 Å². The largest absolute Gasteiger partial charge is 0.478 e. The maximum Gasteiger partial charge on any atom is 0.328 e. The van der Waals surface area contributed by atoms with Gasteiger partial charge in [0.2, 0.25) is 0 Å². The van der Waals surface area contributed by atoms with Crippen LogP contribution in [0.5, 0.6) is 11.5 Å². The summed E-state index contributed by atoms with van der Waals surface area (Å²) in [5.41, 5.74) is 0.608. The van der Waals surface area contributed by atoms with Gasteiger partial charge in [0.1, 0.15) is 17.3 Å². The average Bonchev–Trinajstić information content (AvgIpc) is 2.43. The Labute approximate surface area is 130 Å². The molecule has 1 N–H and O–H groups in total. The molecule has 0 spiro atoms. The van der Waals surface area contributed by atoms with Crippen LogP contribution in [0, 0.1) is 5.82 Å². The first kappa shape index (κ1) is 15.4. The van der Waals surface area contributed by atoms with E-state index in [1.807, 2.05) is 0 Å². The van der Waals surface area contributed by atoms with Gasteiger partial charge in [-0.05, 0) is 35.9 Å². The lowest BCUT2D eigenvalue weighted by atomic mass is 10.2. The van der Waals surface area contributed by atoms with Gasteiger partial charge in [-0.25, -0.2) is 9.18 Å². The summed E-state index contributed by atoms with van der Waals surface area (Å²) in [5, 5.41) is 8.83. The molecule has 0 bridgehead atoms. The molecule has 0 fully saturated rings. The molecule has 0 aliphatic carbocycles. The topological polar surface area (TPSA) is 46.5 Å². The highest BCUT2D eigenvalue weighted by atomic mass is 35.5. The molecule has 0 radical (unpaired) electrons. The predicted octanol–water partition coefficient (Wildman–Crippen LogP) is 5.02. The van der Waals surface area contributed by atoms with E-state index >= 15 is 0 Å². The molecule has 0 aliphatic heterocycles. The van der Waals surface area contributed by atoms with E-state index < -0.39 is 11.8 Å². The number of hydrogen-bond donors (Lipinski definition) is 1. The molecular weight excluding hydrogens is 318 g/mol. The molecule has 0 atom stereocenters. The van der Waals surface area contributed by atoms with Crippen LogP contribution in [-0.2, 0) is 4.79 Å². The smallest absolute Gasteiger partial charge is 0.328 e. The van der Waals surface area contributed by atoms with Crippen LogP contribution < -0.4 is 4.74 Å². The summed E-state index contributed by atoms with van der Waals surface area (Å²) in [5.74, 6) is -1.06. The Balaban J connectivity index is 2.21. The van der Waals surface area contributed by atoms with Crippen molar-refractivity contribution in [3.63, 3.8) is 0 Å². The predicted molar refractivity (Wildman–Crippen MR) is 79.6 cm³/mol. The standard InChI is InChI=1S/C15H9Cl2FO3/c16-11-4-3-10(8-13(11)18)21-14-5-1-9(7-12(14)17)2-6-15(19)20/h1-8H,(H,19,20)/b6-2+. The number of hydrogen-bond acceptors (Lipinski definition) is 2. The minimum atomic E-state index is -1.05. The van der Waals surface area contributed by atoms with E-state index in [1.165, 1.54) is 18.2 Å². The summed E-state index contributed by atoms with van der Waals surface area (Å²) in [6.07, 6.45) is 2.40. The molecule has 0 aliphatic rings. The highest BCUT2D eigenvalue weighted by molar-refractivity contribution is 6.32. The van der Waals surface area contributed by atoms with Gasteiger partial charge in [0.25, 0.3) is 0 Å². The Kier molecular flexibility index (Phi) is 4.83. The van der Waals surface area contributed by atoms with Crippen LogP contribution in [0.1, 0.15) is 5.56 Å². The number of rotatable bonds is 4. The summed E-state index contributed by atoms with van der Waals surface area (Å²) in [7, 11) is 0. The number of carbonyl (C=O) groups is 1. The van der Waals surface area contributed by atoms with Gasteiger partial charge in [0, 0.05) is 12.1 Å². The zero-order valence-electron chi connectivity index (χ0n) is 10.5. The quantitative estimate of drug-likeness (QED) is 0.802. The Morgan fingerprint density at radius 3 is 2.52 bits per heavy atom. The van der Waals surface area contributed by atoms with Crippen LogP contribution in [0.3, 0.4) is 0 Å². The van der Waals surface area contributed by atoms with Crippen LogP contribution in [0.25, 0.3) is 6.08 Å².